The van der Waals surface area contributed by atoms with Gasteiger partial charge in [-0.1, -0.05) is 11.6 Å². The largest absolute Gasteiger partial charge is 0.393 e. The molecule has 0 radical (unpaired) electrons. The lowest BCUT2D eigenvalue weighted by atomic mass is 11.9. The maximum atomic E-state index is 6.75. The van der Waals surface area contributed by atoms with Crippen LogP contribution in [0.15, 0.2) is 0 Å². The van der Waals surface area contributed by atoms with Gasteiger partial charge in [-0.15, -0.1) is 0 Å². The first-order chi connectivity index (χ1) is 2.73. The van der Waals surface area contributed by atoms with Gasteiger partial charge in [0.2, 0.25) is 0 Å². The van der Waals surface area contributed by atoms with Gasteiger partial charge in [0.05, 0.1) is 0 Å². The third kappa shape index (κ3) is 226. The van der Waals surface area contributed by atoms with Crippen molar-refractivity contribution in [2.45, 2.75) is 11.6 Å². The summed E-state index contributed by atoms with van der Waals surface area (Å²) < 4.78 is 0. The molecule has 0 fully saturated rings. The van der Waals surface area contributed by atoms with Gasteiger partial charge in [-0.05, 0) is 0 Å². The van der Waals surface area contributed by atoms with Crippen LogP contribution in [0.5, 0.6) is 0 Å². The van der Waals surface area contributed by atoms with Crippen LogP contribution in [0.2, 0.25) is 11.6 Å². The molecule has 6 heavy (non-hydrogen) atoms. The lowest BCUT2D eigenvalue weighted by Crippen LogP contribution is -1.78. The topological polar surface area (TPSA) is 21.4 Å². The molecular formula is C3H9AlClO+. The van der Waals surface area contributed by atoms with E-state index in [1.807, 2.05) is 0 Å². The molecule has 36 valence electrons. The fourth-order valence-corrected chi connectivity index (χ4v) is 0. The van der Waals surface area contributed by atoms with E-state index in [4.69, 9.17) is 14.8 Å². The smallest absolute Gasteiger partial charge is 0.290 e. The van der Waals surface area contributed by atoms with Crippen LogP contribution in [0, 0.1) is 0 Å². The number of hydrogen-bond acceptors (Lipinski definition) is 0. The second kappa shape index (κ2) is 9.09. The molecule has 0 saturated carbocycles. The van der Waals surface area contributed by atoms with Gasteiger partial charge in [0.15, 0.2) is 0 Å². The molecule has 0 unspecified atom stereocenters. The van der Waals surface area contributed by atoms with E-state index in [0.29, 0.717) is 0 Å². The van der Waals surface area contributed by atoms with Gasteiger partial charge in [-0.25, -0.2) is 0 Å². The highest BCUT2D eigenvalue weighted by atomic mass is 35.6. The van der Waals surface area contributed by atoms with Crippen LogP contribution < -0.4 is 0 Å². The van der Waals surface area contributed by atoms with Crippen LogP contribution in [0.4, 0.5) is 0 Å². The molecule has 0 atom stereocenters. The van der Waals surface area contributed by atoms with Crippen LogP contribution >= 0.6 is 10.0 Å². The molecule has 0 saturated heterocycles. The van der Waals surface area contributed by atoms with Crippen molar-refractivity contribution in [3.05, 3.63) is 0 Å². The average molecular weight is 124 g/mol. The molecule has 0 aliphatic heterocycles. The predicted octanol–water partition coefficient (Wildman–Crippen LogP) is 1.27. The standard InChI is InChI=1S/CH2O.2CH3.Al.ClH/c1-2;;;;/h1H2;2*1H3;;1H/q;;;+1;. The Morgan fingerprint density at radius 3 is 1.50 bits per heavy atom. The van der Waals surface area contributed by atoms with Crippen molar-refractivity contribution >= 4 is 30.1 Å². The van der Waals surface area contributed by atoms with Crippen LogP contribution in [-0.2, 0) is 0 Å². The Hall–Kier alpha value is 0.492. The average Bonchev–Trinajstić information content (AvgIpc) is 1.41. The third-order valence-corrected chi connectivity index (χ3v) is 0. The van der Waals surface area contributed by atoms with Crippen molar-refractivity contribution in [3.63, 3.8) is 0 Å². The first-order valence-electron chi connectivity index (χ1n) is 1.69. The summed E-state index contributed by atoms with van der Waals surface area (Å²) in [6, 6.07) is 0. The summed E-state index contributed by atoms with van der Waals surface area (Å²) in [6.07, 6.45) is 0. The number of rotatable bonds is 0. The molecule has 0 aromatic heterocycles. The summed E-state index contributed by atoms with van der Waals surface area (Å²) in [5.41, 5.74) is 0. The molecule has 3 heteroatoms. The molecule has 0 aromatic rings. The van der Waals surface area contributed by atoms with E-state index < -0.39 is 13.2 Å². The van der Waals surface area contributed by atoms with Crippen LogP contribution in [0.3, 0.4) is 0 Å². The van der Waals surface area contributed by atoms with Crippen molar-refractivity contribution in [1.82, 2.24) is 0 Å². The maximum Gasteiger partial charge on any atom is 0.393 e. The molecule has 0 rings (SSSR count). The maximum absolute atomic E-state index is 6.75. The normalized spacial score (nSPS) is 5.17. The highest BCUT2D eigenvalue weighted by molar-refractivity contribution is 7.05. The molecule has 1 N–H and O–H groups in total. The molecule has 0 bridgehead atoms. The molecular weight excluding hydrogens is 114 g/mol. The summed E-state index contributed by atoms with van der Waals surface area (Å²) in [5, 5.41) is 0. The summed E-state index contributed by atoms with van der Waals surface area (Å²) in [6.45, 7) is 2.25. The molecule has 1 nitrogen and oxygen atoms in total. The van der Waals surface area contributed by atoms with Crippen LogP contribution in [0.25, 0.3) is 0 Å². The van der Waals surface area contributed by atoms with Crippen LogP contribution in [-0.4, -0.2) is 24.8 Å². The zero-order valence-electron chi connectivity index (χ0n) is 4.11. The van der Waals surface area contributed by atoms with E-state index in [9.17, 15) is 0 Å². The second-order valence-corrected chi connectivity index (χ2v) is 5.66. The van der Waals surface area contributed by atoms with E-state index in [-0.39, 0.29) is 0 Å². The summed E-state index contributed by atoms with van der Waals surface area (Å²) in [4.78, 5) is 6.75. The Morgan fingerprint density at radius 1 is 1.50 bits per heavy atom. The Labute approximate surface area is 46.9 Å². The van der Waals surface area contributed by atoms with Crippen molar-refractivity contribution in [2.24, 2.45) is 0 Å². The van der Waals surface area contributed by atoms with Gasteiger partial charge in [0.1, 0.15) is 0 Å². The summed E-state index contributed by atoms with van der Waals surface area (Å²) in [5.74, 6) is 4.14. The molecule has 0 amide bonds. The minimum atomic E-state index is -0.667. The van der Waals surface area contributed by atoms with Gasteiger partial charge in [0, 0.05) is 0 Å². The molecule has 0 aliphatic rings. The molecule has 0 aliphatic carbocycles. The quantitative estimate of drug-likeness (QED) is 0.342. The number of halogens is 1. The highest BCUT2D eigenvalue weighted by Crippen LogP contribution is 1.79. The SMILES string of the molecule is C=[OH+].[CH3][Al]([CH3])[Cl]. The molecule has 0 spiro atoms. The summed E-state index contributed by atoms with van der Waals surface area (Å²) in [7, 11) is 5.41. The van der Waals surface area contributed by atoms with Gasteiger partial charge in [0.25, 0.3) is 6.79 Å². The van der Waals surface area contributed by atoms with Gasteiger partial charge in [-0.3, -0.25) is 14.8 Å². The Morgan fingerprint density at radius 2 is 1.50 bits per heavy atom. The number of carbonyl (C=O) groups excluding carboxylic acids is 1. The van der Waals surface area contributed by atoms with Crippen molar-refractivity contribution in [1.29, 1.82) is 0 Å². The minimum absolute atomic E-state index is 0.667. The zero-order valence-corrected chi connectivity index (χ0v) is 6.02. The molecule has 0 aromatic carbocycles. The van der Waals surface area contributed by atoms with Crippen molar-refractivity contribution < 1.29 is 4.79 Å². The third-order valence-electron chi connectivity index (χ3n) is 0. The first kappa shape index (κ1) is 9.70. The lowest BCUT2D eigenvalue weighted by Gasteiger charge is -1.63. The van der Waals surface area contributed by atoms with E-state index in [0.717, 1.165) is 0 Å². The van der Waals surface area contributed by atoms with Crippen molar-refractivity contribution in [3.8, 4) is 0 Å². The van der Waals surface area contributed by atoms with Crippen LogP contribution in [0.1, 0.15) is 0 Å². The van der Waals surface area contributed by atoms with E-state index >= 15 is 0 Å². The monoisotopic (exact) mass is 123 g/mol. The predicted molar refractivity (Wildman–Crippen MR) is 32.4 cm³/mol. The second-order valence-electron chi connectivity index (χ2n) is 1.01. The van der Waals surface area contributed by atoms with Gasteiger partial charge in [-0.2, -0.15) is 0 Å². The van der Waals surface area contributed by atoms with Gasteiger partial charge < -0.3 is 0 Å². The lowest BCUT2D eigenvalue weighted by molar-refractivity contribution is 0.708. The minimum Gasteiger partial charge on any atom is -0.290 e. The van der Waals surface area contributed by atoms with E-state index in [1.54, 1.807) is 0 Å². The highest BCUT2D eigenvalue weighted by Gasteiger charge is 1.88. The van der Waals surface area contributed by atoms with Crippen molar-refractivity contribution in [2.75, 3.05) is 0 Å². The molecule has 0 heterocycles. The Balaban J connectivity index is 0. The summed E-state index contributed by atoms with van der Waals surface area (Å²) >= 11 is -0.667. The number of hydrogen-bond donors (Lipinski definition) is 0. The first-order valence-corrected chi connectivity index (χ1v) is 5.74. The fraction of sp³-hybridized carbons (Fsp3) is 0.667. The zero-order chi connectivity index (χ0) is 5.58. The Kier molecular flexibility index (Phi) is 14.7. The van der Waals surface area contributed by atoms with E-state index in [1.165, 1.54) is 0 Å². The van der Waals surface area contributed by atoms with Gasteiger partial charge >= 0.3 is 13.2 Å². The Bertz CT molecular complexity index is 22.0. The fourth-order valence-electron chi connectivity index (χ4n) is 0. The van der Waals surface area contributed by atoms with E-state index in [2.05, 4.69) is 18.4 Å².